The molecule has 0 radical (unpaired) electrons. The third-order valence-corrected chi connectivity index (χ3v) is 6.81. The van der Waals surface area contributed by atoms with Crippen LogP contribution in [-0.4, -0.2) is 20.4 Å². The van der Waals surface area contributed by atoms with Gasteiger partial charge in [0.15, 0.2) is 0 Å². The first-order valence-electron chi connectivity index (χ1n) is 11.1. The Morgan fingerprint density at radius 1 is 0.667 bits per heavy atom. The number of phenols is 4. The minimum atomic E-state index is -0.603. The van der Waals surface area contributed by atoms with Gasteiger partial charge < -0.3 is 20.4 Å². The normalized spacial score (nSPS) is 23.2. The summed E-state index contributed by atoms with van der Waals surface area (Å²) in [6.45, 7) is 2.06. The Morgan fingerprint density at radius 2 is 1.12 bits per heavy atom. The Kier molecular flexibility index (Phi) is 5.01. The molecular formula is C29H26O4. The number of benzene rings is 3. The van der Waals surface area contributed by atoms with E-state index >= 15 is 0 Å². The number of phenolic OH excluding ortho intramolecular Hbond substituents is 4. The van der Waals surface area contributed by atoms with E-state index in [9.17, 15) is 20.4 Å². The molecule has 4 nitrogen and oxygen atoms in total. The van der Waals surface area contributed by atoms with Crippen LogP contribution in [0, 0.1) is 17.3 Å². The highest BCUT2D eigenvalue weighted by molar-refractivity contribution is 5.55. The molecule has 3 aromatic rings. The molecule has 0 bridgehead atoms. The van der Waals surface area contributed by atoms with E-state index in [4.69, 9.17) is 0 Å². The van der Waals surface area contributed by atoms with Crippen molar-refractivity contribution in [1.29, 1.82) is 0 Å². The van der Waals surface area contributed by atoms with Crippen LogP contribution in [0.15, 0.2) is 85.0 Å². The molecule has 0 saturated carbocycles. The second-order valence-electron chi connectivity index (χ2n) is 9.12. The topological polar surface area (TPSA) is 80.9 Å². The zero-order valence-electron chi connectivity index (χ0n) is 18.3. The van der Waals surface area contributed by atoms with E-state index in [0.29, 0.717) is 11.1 Å². The van der Waals surface area contributed by atoms with Crippen molar-refractivity contribution in [3.05, 3.63) is 107 Å². The lowest BCUT2D eigenvalue weighted by molar-refractivity contribution is 0.403. The summed E-state index contributed by atoms with van der Waals surface area (Å²) < 4.78 is 0. The van der Waals surface area contributed by atoms with Crippen molar-refractivity contribution in [2.45, 2.75) is 12.8 Å². The first kappa shape index (κ1) is 21.0. The summed E-state index contributed by atoms with van der Waals surface area (Å²) in [7, 11) is 0. The van der Waals surface area contributed by atoms with Crippen LogP contribution >= 0.6 is 0 Å². The monoisotopic (exact) mass is 438 g/mol. The number of allylic oxidation sites excluding steroid dienone is 4. The standard InChI is InChI=1S/C29H26O4/c1-29(12-10-20-14-18-4-2-3-5-19(18)15-21(20)11-13-29)28(24-8-6-22(30)16-26(24)32)25-9-7-23(31)17-27(25)33/h2-17,20-21,28,30-33H,1H3. The molecule has 33 heavy (non-hydrogen) atoms. The molecule has 0 spiro atoms. The highest BCUT2D eigenvalue weighted by atomic mass is 16.3. The van der Waals surface area contributed by atoms with Crippen molar-refractivity contribution in [3.63, 3.8) is 0 Å². The zero-order chi connectivity index (χ0) is 23.2. The summed E-state index contributed by atoms with van der Waals surface area (Å²) >= 11 is 0. The summed E-state index contributed by atoms with van der Waals surface area (Å²) in [5.41, 5.74) is 0.548. The molecule has 0 aromatic heterocycles. The predicted octanol–water partition coefficient (Wildman–Crippen LogP) is 4.28. The van der Waals surface area contributed by atoms with Crippen LogP contribution < -0.4 is 10.4 Å². The maximum atomic E-state index is 10.8. The quantitative estimate of drug-likeness (QED) is 0.460. The van der Waals surface area contributed by atoms with E-state index in [2.05, 4.69) is 55.5 Å². The molecule has 4 heteroatoms. The van der Waals surface area contributed by atoms with E-state index in [1.165, 1.54) is 34.7 Å². The Labute approximate surface area is 192 Å². The summed E-state index contributed by atoms with van der Waals surface area (Å²) in [6.07, 6.45) is 13.2. The molecule has 4 N–H and O–H groups in total. The number of aromatic hydroxyl groups is 4. The molecule has 0 heterocycles. The van der Waals surface area contributed by atoms with Gasteiger partial charge in [-0.2, -0.15) is 0 Å². The Hall–Kier alpha value is -3.92. The first-order valence-corrected chi connectivity index (χ1v) is 11.1. The third kappa shape index (κ3) is 3.78. The van der Waals surface area contributed by atoms with Gasteiger partial charge in [-0.05, 0) is 22.6 Å². The van der Waals surface area contributed by atoms with Crippen molar-refractivity contribution in [3.8, 4) is 23.0 Å². The highest BCUT2D eigenvalue weighted by Gasteiger charge is 2.37. The van der Waals surface area contributed by atoms with Crippen molar-refractivity contribution in [2.75, 3.05) is 0 Å². The fraction of sp³-hybridized carbons (Fsp3) is 0.172. The predicted molar refractivity (Wildman–Crippen MR) is 129 cm³/mol. The zero-order valence-corrected chi connectivity index (χ0v) is 18.3. The average molecular weight is 439 g/mol. The van der Waals surface area contributed by atoms with Crippen molar-refractivity contribution in [2.24, 2.45) is 17.3 Å². The third-order valence-electron chi connectivity index (χ3n) is 6.81. The van der Waals surface area contributed by atoms with Gasteiger partial charge in [-0.3, -0.25) is 0 Å². The fourth-order valence-electron chi connectivity index (χ4n) is 5.09. The van der Waals surface area contributed by atoms with Crippen LogP contribution in [-0.2, 0) is 0 Å². The van der Waals surface area contributed by atoms with E-state index in [0.717, 1.165) is 0 Å². The smallest absolute Gasteiger partial charge is 0.123 e. The van der Waals surface area contributed by atoms with Crippen LogP contribution in [0.1, 0.15) is 24.0 Å². The second kappa shape index (κ2) is 7.89. The van der Waals surface area contributed by atoms with Gasteiger partial charge in [-0.25, -0.2) is 0 Å². The van der Waals surface area contributed by atoms with Gasteiger partial charge in [0, 0.05) is 46.4 Å². The lowest BCUT2D eigenvalue weighted by Crippen LogP contribution is -2.31. The van der Waals surface area contributed by atoms with Gasteiger partial charge in [-0.1, -0.05) is 79.8 Å². The summed E-state index contributed by atoms with van der Waals surface area (Å²) in [5.74, 6) is -0.245. The van der Waals surface area contributed by atoms with Gasteiger partial charge in [0.1, 0.15) is 23.0 Å². The lowest BCUT2D eigenvalue weighted by Gasteiger charge is -2.34. The van der Waals surface area contributed by atoms with Crippen molar-refractivity contribution >= 4 is 12.2 Å². The van der Waals surface area contributed by atoms with E-state index in [-0.39, 0.29) is 34.8 Å². The summed E-state index contributed by atoms with van der Waals surface area (Å²) in [5, 5.41) is 43.6. The molecular weight excluding hydrogens is 412 g/mol. The molecule has 0 fully saturated rings. The molecule has 0 saturated heterocycles. The molecule has 2 aliphatic carbocycles. The molecule has 2 atom stereocenters. The van der Waals surface area contributed by atoms with Gasteiger partial charge in [0.25, 0.3) is 0 Å². The van der Waals surface area contributed by atoms with Crippen LogP contribution in [0.4, 0.5) is 0 Å². The summed E-state index contributed by atoms with van der Waals surface area (Å²) in [4.78, 5) is 0. The van der Waals surface area contributed by atoms with E-state index in [1.54, 1.807) is 12.1 Å². The Bertz CT molecular complexity index is 1300. The van der Waals surface area contributed by atoms with E-state index < -0.39 is 11.3 Å². The van der Waals surface area contributed by atoms with Gasteiger partial charge in [0.2, 0.25) is 0 Å². The number of rotatable bonds is 3. The molecule has 2 aliphatic rings. The maximum Gasteiger partial charge on any atom is 0.123 e. The molecule has 0 amide bonds. The van der Waals surface area contributed by atoms with Gasteiger partial charge >= 0.3 is 0 Å². The van der Waals surface area contributed by atoms with Crippen LogP contribution in [0.2, 0.25) is 0 Å². The second-order valence-corrected chi connectivity index (χ2v) is 9.12. The molecule has 5 rings (SSSR count). The molecule has 166 valence electrons. The fourth-order valence-corrected chi connectivity index (χ4v) is 5.09. The summed E-state index contributed by atoms with van der Waals surface area (Å²) in [6, 6.07) is 17.4. The van der Waals surface area contributed by atoms with Crippen molar-refractivity contribution < 1.29 is 20.4 Å². The lowest BCUT2D eigenvalue weighted by atomic mass is 9.69. The number of hydrogen-bond donors (Lipinski definition) is 4. The van der Waals surface area contributed by atoms with Crippen LogP contribution in [0.25, 0.3) is 12.2 Å². The minimum absolute atomic E-state index is 0.0324. The first-order chi connectivity index (χ1) is 15.8. The largest absolute Gasteiger partial charge is 0.508 e. The van der Waals surface area contributed by atoms with Crippen molar-refractivity contribution in [1.82, 2.24) is 0 Å². The highest BCUT2D eigenvalue weighted by Crippen LogP contribution is 2.51. The number of fused-ring (bicyclic) bond motifs is 2. The average Bonchev–Trinajstić information content (AvgIpc) is 2.95. The minimum Gasteiger partial charge on any atom is -0.508 e. The SMILES string of the molecule is CC1(C(c2ccc(O)cc2O)c2ccc(O)cc2O)C=CC2C=c3ccccc3=CC2C=C1. The molecule has 2 unspecified atom stereocenters. The molecule has 0 aliphatic heterocycles. The van der Waals surface area contributed by atoms with Crippen LogP contribution in [0.5, 0.6) is 23.0 Å². The Morgan fingerprint density at radius 3 is 1.55 bits per heavy atom. The van der Waals surface area contributed by atoms with Gasteiger partial charge in [0.05, 0.1) is 0 Å². The van der Waals surface area contributed by atoms with Crippen LogP contribution in [0.3, 0.4) is 0 Å². The Balaban J connectivity index is 1.67. The molecule has 3 aromatic carbocycles. The maximum absolute atomic E-state index is 10.8. The van der Waals surface area contributed by atoms with Gasteiger partial charge in [-0.15, -0.1) is 0 Å². The number of hydrogen-bond acceptors (Lipinski definition) is 4. The van der Waals surface area contributed by atoms with E-state index in [1.807, 2.05) is 12.1 Å².